The molecule has 1 aliphatic rings. The Morgan fingerprint density at radius 2 is 1.88 bits per heavy atom. The second-order valence-corrected chi connectivity index (χ2v) is 7.16. The topological polar surface area (TPSA) is 110 Å². The Labute approximate surface area is 152 Å². The molecule has 1 aliphatic carbocycles. The fourth-order valence-electron chi connectivity index (χ4n) is 2.88. The molecule has 2 rings (SSSR count). The maximum atomic E-state index is 12.5. The zero-order valence-corrected chi connectivity index (χ0v) is 15.5. The average Bonchev–Trinajstić information content (AvgIpc) is 2.58. The molecule has 136 valence electrons. The fourth-order valence-corrected chi connectivity index (χ4v) is 3.10. The van der Waals surface area contributed by atoms with Crippen LogP contribution in [0.1, 0.15) is 45.1 Å². The van der Waals surface area contributed by atoms with Crippen molar-refractivity contribution in [3.63, 3.8) is 0 Å². The molecule has 1 fully saturated rings. The Hall–Kier alpha value is -1.99. The summed E-state index contributed by atoms with van der Waals surface area (Å²) in [5.41, 5.74) is 7.05. The lowest BCUT2D eigenvalue weighted by molar-refractivity contribution is -0.129. The molecule has 6 nitrogen and oxygen atoms in total. The number of hydrogen-bond acceptors (Lipinski definition) is 5. The standard InChI is InChI=1S/C18H26N4O2S/c1-3-11-21-17(24)18(9-4-10-18)13-5-7-14(8-6-13)22-16(23)15(19)12(2)25-20/h5-8H,3-4,9-11,19-20H2,1-2H3,(H,21,24)(H,22,23)/b15-12-. The summed E-state index contributed by atoms with van der Waals surface area (Å²) in [5, 5.41) is 11.2. The monoisotopic (exact) mass is 362 g/mol. The van der Waals surface area contributed by atoms with Crippen LogP contribution in [0.4, 0.5) is 5.69 Å². The number of carbonyl (C=O) groups is 2. The molecule has 0 unspecified atom stereocenters. The van der Waals surface area contributed by atoms with Crippen LogP contribution in [0.15, 0.2) is 34.9 Å². The van der Waals surface area contributed by atoms with Gasteiger partial charge in [-0.05, 0) is 43.9 Å². The molecule has 1 aromatic rings. The number of nitrogens with two attached hydrogens (primary N) is 2. The summed E-state index contributed by atoms with van der Waals surface area (Å²) < 4.78 is 0. The summed E-state index contributed by atoms with van der Waals surface area (Å²) in [6.45, 7) is 4.42. The van der Waals surface area contributed by atoms with E-state index in [0.29, 0.717) is 17.1 Å². The van der Waals surface area contributed by atoms with Gasteiger partial charge in [-0.15, -0.1) is 0 Å². The van der Waals surface area contributed by atoms with E-state index in [1.165, 1.54) is 0 Å². The maximum Gasteiger partial charge on any atom is 0.272 e. The van der Waals surface area contributed by atoms with Crippen molar-refractivity contribution >= 4 is 29.4 Å². The molecule has 0 aromatic heterocycles. The molecule has 0 aliphatic heterocycles. The molecular formula is C18H26N4O2S. The predicted octanol–water partition coefficient (Wildman–Crippen LogP) is 2.37. The van der Waals surface area contributed by atoms with E-state index >= 15 is 0 Å². The van der Waals surface area contributed by atoms with E-state index in [1.807, 2.05) is 19.1 Å². The van der Waals surface area contributed by atoms with Crippen molar-refractivity contribution in [1.82, 2.24) is 5.32 Å². The lowest BCUT2D eigenvalue weighted by Crippen LogP contribution is -2.49. The van der Waals surface area contributed by atoms with Crippen LogP contribution in [0.3, 0.4) is 0 Å². The van der Waals surface area contributed by atoms with Crippen LogP contribution in [0, 0.1) is 0 Å². The molecule has 0 bridgehead atoms. The minimum Gasteiger partial charge on any atom is -0.394 e. The number of allylic oxidation sites excluding steroid dienone is 1. The summed E-state index contributed by atoms with van der Waals surface area (Å²) in [5.74, 6) is -0.289. The second-order valence-electron chi connectivity index (χ2n) is 6.31. The minimum absolute atomic E-state index is 0.0974. The van der Waals surface area contributed by atoms with Crippen LogP contribution in [0.2, 0.25) is 0 Å². The highest BCUT2D eigenvalue weighted by atomic mass is 32.2. The number of anilines is 1. The van der Waals surface area contributed by atoms with Gasteiger partial charge in [-0.2, -0.15) is 0 Å². The lowest BCUT2D eigenvalue weighted by atomic mass is 9.64. The number of carbonyl (C=O) groups excluding carboxylic acids is 2. The van der Waals surface area contributed by atoms with Crippen LogP contribution in [-0.4, -0.2) is 18.4 Å². The van der Waals surface area contributed by atoms with E-state index < -0.39 is 5.41 Å². The van der Waals surface area contributed by atoms with Gasteiger partial charge in [0.15, 0.2) is 0 Å². The number of nitrogens with one attached hydrogen (secondary N) is 2. The minimum atomic E-state index is -0.427. The van der Waals surface area contributed by atoms with Gasteiger partial charge in [-0.25, -0.2) is 0 Å². The maximum absolute atomic E-state index is 12.5. The van der Waals surface area contributed by atoms with Gasteiger partial charge in [0.25, 0.3) is 5.91 Å². The first-order valence-corrected chi connectivity index (χ1v) is 9.36. The summed E-state index contributed by atoms with van der Waals surface area (Å²) in [4.78, 5) is 25.2. The summed E-state index contributed by atoms with van der Waals surface area (Å²) >= 11 is 0.947. The first-order chi connectivity index (χ1) is 11.9. The van der Waals surface area contributed by atoms with Gasteiger partial charge in [0.2, 0.25) is 5.91 Å². The average molecular weight is 362 g/mol. The van der Waals surface area contributed by atoms with Crippen molar-refractivity contribution in [1.29, 1.82) is 0 Å². The van der Waals surface area contributed by atoms with Crippen LogP contribution in [0.25, 0.3) is 0 Å². The normalized spacial score (nSPS) is 16.4. The number of rotatable bonds is 7. The molecule has 0 radical (unpaired) electrons. The molecule has 1 aromatic carbocycles. The smallest absolute Gasteiger partial charge is 0.272 e. The zero-order chi connectivity index (χ0) is 18.4. The highest BCUT2D eigenvalue weighted by molar-refractivity contribution is 8.00. The molecule has 1 saturated carbocycles. The molecule has 0 atom stereocenters. The predicted molar refractivity (Wildman–Crippen MR) is 103 cm³/mol. The number of hydrogen-bond donors (Lipinski definition) is 4. The third kappa shape index (κ3) is 4.16. The van der Waals surface area contributed by atoms with E-state index in [0.717, 1.165) is 43.2 Å². The summed E-state index contributed by atoms with van der Waals surface area (Å²) in [7, 11) is 0. The largest absolute Gasteiger partial charge is 0.394 e. The number of benzene rings is 1. The molecule has 0 spiro atoms. The fraction of sp³-hybridized carbons (Fsp3) is 0.444. The SMILES string of the molecule is CCCNC(=O)C1(c2ccc(NC(=O)/C(N)=C(\C)SN)cc2)CCC1. The van der Waals surface area contributed by atoms with Crippen molar-refractivity contribution in [2.45, 2.75) is 44.9 Å². The van der Waals surface area contributed by atoms with Crippen molar-refractivity contribution in [2.24, 2.45) is 10.9 Å². The van der Waals surface area contributed by atoms with Crippen LogP contribution < -0.4 is 21.5 Å². The van der Waals surface area contributed by atoms with Crippen LogP contribution >= 0.6 is 11.9 Å². The Bertz CT molecular complexity index is 666. The van der Waals surface area contributed by atoms with Gasteiger partial charge in [-0.3, -0.25) is 14.7 Å². The van der Waals surface area contributed by atoms with Crippen molar-refractivity contribution in [3.05, 3.63) is 40.4 Å². The van der Waals surface area contributed by atoms with Gasteiger partial charge in [0.1, 0.15) is 5.70 Å². The van der Waals surface area contributed by atoms with E-state index in [-0.39, 0.29) is 17.5 Å². The Morgan fingerprint density at radius 3 is 2.36 bits per heavy atom. The molecule has 25 heavy (non-hydrogen) atoms. The number of amides is 2. The molecule has 2 amide bonds. The zero-order valence-electron chi connectivity index (χ0n) is 14.7. The van der Waals surface area contributed by atoms with Gasteiger partial charge in [0, 0.05) is 17.1 Å². The first-order valence-electron chi connectivity index (χ1n) is 8.48. The van der Waals surface area contributed by atoms with Crippen molar-refractivity contribution in [2.75, 3.05) is 11.9 Å². The summed E-state index contributed by atoms with van der Waals surface area (Å²) in [6.07, 6.45) is 3.69. The Balaban J connectivity index is 2.11. The molecule has 0 heterocycles. The Kier molecular flexibility index (Phi) is 6.50. The second kappa shape index (κ2) is 8.40. The summed E-state index contributed by atoms with van der Waals surface area (Å²) in [6, 6.07) is 7.42. The third-order valence-electron chi connectivity index (χ3n) is 4.67. The van der Waals surface area contributed by atoms with Gasteiger partial charge in [-0.1, -0.05) is 37.4 Å². The van der Waals surface area contributed by atoms with Crippen molar-refractivity contribution < 1.29 is 9.59 Å². The van der Waals surface area contributed by atoms with Gasteiger partial charge >= 0.3 is 0 Å². The van der Waals surface area contributed by atoms with Crippen molar-refractivity contribution in [3.8, 4) is 0 Å². The lowest BCUT2D eigenvalue weighted by Gasteiger charge is -2.40. The Morgan fingerprint density at radius 1 is 1.24 bits per heavy atom. The highest BCUT2D eigenvalue weighted by Crippen LogP contribution is 2.44. The quantitative estimate of drug-likeness (QED) is 0.440. The van der Waals surface area contributed by atoms with Crippen LogP contribution in [-0.2, 0) is 15.0 Å². The van der Waals surface area contributed by atoms with Crippen LogP contribution in [0.5, 0.6) is 0 Å². The van der Waals surface area contributed by atoms with E-state index in [1.54, 1.807) is 19.1 Å². The van der Waals surface area contributed by atoms with E-state index in [9.17, 15) is 9.59 Å². The van der Waals surface area contributed by atoms with Gasteiger partial charge < -0.3 is 16.4 Å². The first kappa shape index (κ1) is 19.3. The molecule has 0 saturated heterocycles. The third-order valence-corrected chi connectivity index (χ3v) is 5.25. The van der Waals surface area contributed by atoms with E-state index in [2.05, 4.69) is 10.6 Å². The molecule has 6 N–H and O–H groups in total. The van der Waals surface area contributed by atoms with E-state index in [4.69, 9.17) is 10.9 Å². The molecule has 7 heteroatoms. The highest BCUT2D eigenvalue weighted by Gasteiger charge is 2.45. The van der Waals surface area contributed by atoms with Gasteiger partial charge in [0.05, 0.1) is 5.41 Å². The molecular weight excluding hydrogens is 336 g/mol.